The van der Waals surface area contributed by atoms with Gasteiger partial charge in [0.15, 0.2) is 0 Å². The zero-order valence-electron chi connectivity index (χ0n) is 11.4. The van der Waals surface area contributed by atoms with Crippen LogP contribution < -0.4 is 9.47 Å². The van der Waals surface area contributed by atoms with Crippen molar-refractivity contribution in [3.8, 4) is 11.5 Å². The first-order chi connectivity index (χ1) is 9.90. The fourth-order valence-electron chi connectivity index (χ4n) is 2.00. The number of benzene rings is 2. The first-order valence-electron chi connectivity index (χ1n) is 6.10. The van der Waals surface area contributed by atoms with Crippen LogP contribution in [0, 0.1) is 0 Å². The van der Waals surface area contributed by atoms with Crippen molar-refractivity contribution in [3.05, 3.63) is 35.9 Å². The molecule has 2 aromatic rings. The lowest BCUT2D eigenvalue weighted by Crippen LogP contribution is -2.07. The summed E-state index contributed by atoms with van der Waals surface area (Å²) in [5.74, 6) is 0.0370. The molecule has 0 N–H and O–H groups in total. The maximum atomic E-state index is 11.4. The Morgan fingerprint density at radius 3 is 2.10 bits per heavy atom. The summed E-state index contributed by atoms with van der Waals surface area (Å²) in [4.78, 5) is 22.6. The highest BCUT2D eigenvalue weighted by atomic mass is 79.9. The average molecular weight is 416 g/mol. The molecule has 0 fully saturated rings. The van der Waals surface area contributed by atoms with E-state index < -0.39 is 11.9 Å². The Kier molecular flexibility index (Phi) is 5.00. The number of ether oxygens (including phenoxy) is 2. The van der Waals surface area contributed by atoms with Gasteiger partial charge in [-0.3, -0.25) is 9.59 Å². The van der Waals surface area contributed by atoms with Crippen LogP contribution in [0.4, 0.5) is 0 Å². The molecular formula is C15H12Br2O4. The molecule has 6 heteroatoms. The van der Waals surface area contributed by atoms with E-state index in [4.69, 9.17) is 9.47 Å². The van der Waals surface area contributed by atoms with Crippen LogP contribution >= 0.6 is 31.9 Å². The minimum Gasteiger partial charge on any atom is -0.426 e. The van der Waals surface area contributed by atoms with Gasteiger partial charge in [0.05, 0.1) is 3.74 Å². The van der Waals surface area contributed by atoms with E-state index in [1.165, 1.54) is 13.8 Å². The van der Waals surface area contributed by atoms with E-state index >= 15 is 0 Å². The van der Waals surface area contributed by atoms with Crippen molar-refractivity contribution >= 4 is 54.6 Å². The smallest absolute Gasteiger partial charge is 0.308 e. The molecule has 0 amide bonds. The molecule has 0 bridgehead atoms. The van der Waals surface area contributed by atoms with Crippen molar-refractivity contribution in [2.24, 2.45) is 0 Å². The number of hydrogen-bond donors (Lipinski definition) is 0. The quantitative estimate of drug-likeness (QED) is 0.421. The maximum Gasteiger partial charge on any atom is 0.308 e. The fourth-order valence-corrected chi connectivity index (χ4v) is 2.68. The number of carbonyl (C=O) groups excluding carboxylic acids is 2. The Hall–Kier alpha value is -1.40. The van der Waals surface area contributed by atoms with E-state index in [9.17, 15) is 9.59 Å². The highest BCUT2D eigenvalue weighted by molar-refractivity contribution is 9.24. The number of alkyl halides is 2. The van der Waals surface area contributed by atoms with Gasteiger partial charge in [-0.05, 0) is 6.07 Å². The molecule has 0 unspecified atom stereocenters. The van der Waals surface area contributed by atoms with E-state index in [2.05, 4.69) is 31.9 Å². The summed E-state index contributed by atoms with van der Waals surface area (Å²) in [6.45, 7) is 2.68. The van der Waals surface area contributed by atoms with E-state index in [0.29, 0.717) is 27.8 Å². The van der Waals surface area contributed by atoms with Gasteiger partial charge in [0.2, 0.25) is 0 Å². The Morgan fingerprint density at radius 2 is 1.57 bits per heavy atom. The van der Waals surface area contributed by atoms with Gasteiger partial charge < -0.3 is 9.47 Å². The second kappa shape index (κ2) is 6.58. The van der Waals surface area contributed by atoms with Crippen LogP contribution in [0.15, 0.2) is 30.3 Å². The van der Waals surface area contributed by atoms with E-state index in [1.807, 2.05) is 24.3 Å². The zero-order valence-corrected chi connectivity index (χ0v) is 14.5. The van der Waals surface area contributed by atoms with Crippen LogP contribution in [0.5, 0.6) is 11.5 Å². The van der Waals surface area contributed by atoms with E-state index in [1.54, 1.807) is 6.07 Å². The summed E-state index contributed by atoms with van der Waals surface area (Å²) >= 11 is 6.79. The van der Waals surface area contributed by atoms with Gasteiger partial charge in [0.1, 0.15) is 11.5 Å². The van der Waals surface area contributed by atoms with Crippen molar-refractivity contribution in [1.82, 2.24) is 0 Å². The standard InChI is InChI=1S/C15H12Br2O4/c1-8(18)20-13-7-12(15(16)17)14(21-9(2)19)11-6-4-3-5-10(11)13/h3-7,15H,1-2H3. The molecule has 0 heterocycles. The third-order valence-electron chi connectivity index (χ3n) is 2.72. The minimum absolute atomic E-state index is 0.252. The lowest BCUT2D eigenvalue weighted by Gasteiger charge is -2.16. The Morgan fingerprint density at radius 1 is 1.00 bits per heavy atom. The normalized spacial score (nSPS) is 10.7. The zero-order chi connectivity index (χ0) is 15.6. The van der Waals surface area contributed by atoms with Gasteiger partial charge in [0, 0.05) is 30.2 Å². The molecule has 2 aromatic carbocycles. The molecule has 21 heavy (non-hydrogen) atoms. The van der Waals surface area contributed by atoms with Gasteiger partial charge in [-0.15, -0.1) is 0 Å². The molecule has 2 rings (SSSR count). The average Bonchev–Trinajstić information content (AvgIpc) is 2.40. The summed E-state index contributed by atoms with van der Waals surface area (Å²) in [5, 5.41) is 1.40. The monoisotopic (exact) mass is 414 g/mol. The lowest BCUT2D eigenvalue weighted by atomic mass is 10.0. The molecule has 4 nitrogen and oxygen atoms in total. The predicted octanol–water partition coefficient (Wildman–Crippen LogP) is 4.48. The summed E-state index contributed by atoms with van der Waals surface area (Å²) in [6.07, 6.45) is 0. The Balaban J connectivity index is 2.77. The van der Waals surface area contributed by atoms with Crippen LogP contribution in [0.2, 0.25) is 0 Å². The second-order valence-electron chi connectivity index (χ2n) is 4.33. The van der Waals surface area contributed by atoms with Gasteiger partial charge >= 0.3 is 11.9 Å². The first-order valence-corrected chi connectivity index (χ1v) is 7.94. The SMILES string of the molecule is CC(=O)Oc1cc(C(Br)Br)c(OC(C)=O)c2ccccc12. The predicted molar refractivity (Wildman–Crippen MR) is 87.2 cm³/mol. The molecule has 0 aliphatic heterocycles. The molecule has 0 radical (unpaired) electrons. The number of esters is 2. The van der Waals surface area contributed by atoms with E-state index in [-0.39, 0.29) is 3.74 Å². The number of rotatable bonds is 3. The van der Waals surface area contributed by atoms with Crippen molar-refractivity contribution in [2.45, 2.75) is 17.6 Å². The van der Waals surface area contributed by atoms with Crippen molar-refractivity contribution in [2.75, 3.05) is 0 Å². The molecule has 0 saturated carbocycles. The summed E-state index contributed by atoms with van der Waals surface area (Å²) < 4.78 is 10.3. The second-order valence-corrected chi connectivity index (χ2v) is 7.39. The van der Waals surface area contributed by atoms with Gasteiger partial charge in [-0.25, -0.2) is 0 Å². The van der Waals surface area contributed by atoms with Crippen LogP contribution in [0.3, 0.4) is 0 Å². The fraction of sp³-hybridized carbons (Fsp3) is 0.200. The minimum atomic E-state index is -0.415. The van der Waals surface area contributed by atoms with Crippen molar-refractivity contribution in [3.63, 3.8) is 0 Å². The van der Waals surface area contributed by atoms with Gasteiger partial charge in [0.25, 0.3) is 0 Å². The largest absolute Gasteiger partial charge is 0.426 e. The topological polar surface area (TPSA) is 52.6 Å². The third kappa shape index (κ3) is 3.63. The molecule has 0 aliphatic rings. The Bertz CT molecular complexity index is 710. The first kappa shape index (κ1) is 16.0. The lowest BCUT2D eigenvalue weighted by molar-refractivity contribution is -0.133. The number of hydrogen-bond acceptors (Lipinski definition) is 4. The highest BCUT2D eigenvalue weighted by Crippen LogP contribution is 2.44. The number of carbonyl (C=O) groups is 2. The van der Waals surface area contributed by atoms with Gasteiger partial charge in [-0.2, -0.15) is 0 Å². The molecule has 0 aromatic heterocycles. The number of halogens is 2. The highest BCUT2D eigenvalue weighted by Gasteiger charge is 2.20. The third-order valence-corrected chi connectivity index (χ3v) is 3.71. The van der Waals surface area contributed by atoms with Gasteiger partial charge in [-0.1, -0.05) is 56.1 Å². The summed E-state index contributed by atoms with van der Waals surface area (Å²) in [5.41, 5.74) is 0.667. The van der Waals surface area contributed by atoms with Crippen molar-refractivity contribution < 1.29 is 19.1 Å². The molecule has 110 valence electrons. The molecule has 0 spiro atoms. The maximum absolute atomic E-state index is 11.4. The molecule has 0 atom stereocenters. The van der Waals surface area contributed by atoms with Crippen LogP contribution in [0.25, 0.3) is 10.8 Å². The molecule has 0 aliphatic carbocycles. The molecule has 0 saturated heterocycles. The Labute approximate surface area is 138 Å². The van der Waals surface area contributed by atoms with E-state index in [0.717, 1.165) is 0 Å². The summed E-state index contributed by atoms with van der Waals surface area (Å²) in [7, 11) is 0. The number of fused-ring (bicyclic) bond motifs is 1. The van der Waals surface area contributed by atoms with Crippen molar-refractivity contribution in [1.29, 1.82) is 0 Å². The summed E-state index contributed by atoms with van der Waals surface area (Å²) in [6, 6.07) is 8.95. The van der Waals surface area contributed by atoms with Crippen LogP contribution in [-0.2, 0) is 9.59 Å². The van der Waals surface area contributed by atoms with Crippen LogP contribution in [-0.4, -0.2) is 11.9 Å². The van der Waals surface area contributed by atoms with Crippen LogP contribution in [0.1, 0.15) is 23.1 Å². The molecular weight excluding hydrogens is 404 g/mol.